The van der Waals surface area contributed by atoms with E-state index in [0.29, 0.717) is 0 Å². The average molecular weight is 207 g/mol. The highest BCUT2D eigenvalue weighted by Crippen LogP contribution is 2.08. The Kier molecular flexibility index (Phi) is 5.37. The van der Waals surface area contributed by atoms with Gasteiger partial charge in [0.15, 0.2) is 0 Å². The van der Waals surface area contributed by atoms with Crippen LogP contribution < -0.4 is 5.32 Å². The molecule has 0 saturated carbocycles. The minimum atomic E-state index is 0.785. The lowest BCUT2D eigenvalue weighted by molar-refractivity contribution is 0.199. The third-order valence-electron chi connectivity index (χ3n) is 2.35. The molecule has 0 aromatic heterocycles. The van der Waals surface area contributed by atoms with Gasteiger partial charge in [0.05, 0.1) is 6.61 Å². The normalized spacial score (nSPS) is 10.6. The Morgan fingerprint density at radius 2 is 1.73 bits per heavy atom. The summed E-state index contributed by atoms with van der Waals surface area (Å²) in [6.45, 7) is 7.03. The molecule has 0 amide bonds. The fourth-order valence-electron chi connectivity index (χ4n) is 1.75. The van der Waals surface area contributed by atoms with Crippen molar-refractivity contribution in [2.24, 2.45) is 0 Å². The second kappa shape index (κ2) is 6.59. The van der Waals surface area contributed by atoms with Gasteiger partial charge < -0.3 is 10.1 Å². The molecular weight excluding hydrogens is 186 g/mol. The van der Waals surface area contributed by atoms with E-state index in [2.05, 4.69) is 37.4 Å². The predicted molar refractivity (Wildman–Crippen MR) is 64.4 cm³/mol. The summed E-state index contributed by atoms with van der Waals surface area (Å²) in [6, 6.07) is 6.72. The fourth-order valence-corrected chi connectivity index (χ4v) is 1.75. The topological polar surface area (TPSA) is 21.3 Å². The van der Waals surface area contributed by atoms with E-state index in [1.807, 2.05) is 0 Å². The van der Waals surface area contributed by atoms with E-state index in [0.717, 1.165) is 26.1 Å². The number of hydrogen-bond donors (Lipinski definition) is 1. The number of benzene rings is 1. The van der Waals surface area contributed by atoms with Crippen molar-refractivity contribution in [3.63, 3.8) is 0 Å². The highest BCUT2D eigenvalue weighted by molar-refractivity contribution is 5.28. The molecule has 2 nitrogen and oxygen atoms in total. The molecule has 1 aromatic rings. The Balaban J connectivity index is 2.31. The van der Waals surface area contributed by atoms with E-state index in [1.165, 1.54) is 16.7 Å². The molecule has 0 atom stereocenters. The van der Waals surface area contributed by atoms with Crippen LogP contribution in [0, 0.1) is 13.8 Å². The Morgan fingerprint density at radius 3 is 2.33 bits per heavy atom. The standard InChI is InChI=1S/C13H21NO/c1-11-8-12(2)10-13(9-11)4-5-14-6-7-15-3/h8-10,14H,4-7H2,1-3H3. The summed E-state index contributed by atoms with van der Waals surface area (Å²) in [5.41, 5.74) is 4.11. The largest absolute Gasteiger partial charge is 0.383 e. The van der Waals surface area contributed by atoms with Crippen molar-refractivity contribution in [3.8, 4) is 0 Å². The summed E-state index contributed by atoms with van der Waals surface area (Å²) >= 11 is 0. The number of rotatable bonds is 6. The molecule has 0 radical (unpaired) electrons. The van der Waals surface area contributed by atoms with Crippen LogP contribution in [0.3, 0.4) is 0 Å². The van der Waals surface area contributed by atoms with Gasteiger partial charge in [0.2, 0.25) is 0 Å². The summed E-state index contributed by atoms with van der Waals surface area (Å²) in [7, 11) is 1.73. The fraction of sp³-hybridized carbons (Fsp3) is 0.538. The number of methoxy groups -OCH3 is 1. The highest BCUT2D eigenvalue weighted by Gasteiger charge is 1.95. The average Bonchev–Trinajstić information content (AvgIpc) is 2.16. The van der Waals surface area contributed by atoms with E-state index in [-0.39, 0.29) is 0 Å². The minimum absolute atomic E-state index is 0.785. The maximum atomic E-state index is 4.97. The van der Waals surface area contributed by atoms with Crippen LogP contribution in [0.15, 0.2) is 18.2 Å². The quantitative estimate of drug-likeness (QED) is 0.721. The number of ether oxygens (including phenoxy) is 1. The van der Waals surface area contributed by atoms with Crippen LogP contribution in [0.2, 0.25) is 0 Å². The van der Waals surface area contributed by atoms with Crippen molar-refractivity contribution in [1.82, 2.24) is 5.32 Å². The molecule has 1 N–H and O–H groups in total. The monoisotopic (exact) mass is 207 g/mol. The molecule has 0 aliphatic heterocycles. The summed E-state index contributed by atoms with van der Waals surface area (Å²) in [4.78, 5) is 0. The van der Waals surface area contributed by atoms with Gasteiger partial charge in [0.1, 0.15) is 0 Å². The van der Waals surface area contributed by atoms with E-state index >= 15 is 0 Å². The van der Waals surface area contributed by atoms with Gasteiger partial charge in [-0.05, 0) is 32.4 Å². The second-order valence-electron chi connectivity index (χ2n) is 3.99. The highest BCUT2D eigenvalue weighted by atomic mass is 16.5. The first-order valence-electron chi connectivity index (χ1n) is 5.49. The Labute approximate surface area is 92.6 Å². The molecule has 0 bridgehead atoms. The smallest absolute Gasteiger partial charge is 0.0587 e. The minimum Gasteiger partial charge on any atom is -0.383 e. The predicted octanol–water partition coefficient (Wildman–Crippen LogP) is 2.08. The van der Waals surface area contributed by atoms with Gasteiger partial charge >= 0.3 is 0 Å². The maximum absolute atomic E-state index is 4.97. The van der Waals surface area contributed by atoms with Crippen LogP contribution in [0.4, 0.5) is 0 Å². The first-order valence-corrected chi connectivity index (χ1v) is 5.49. The van der Waals surface area contributed by atoms with E-state index in [9.17, 15) is 0 Å². The van der Waals surface area contributed by atoms with Crippen LogP contribution in [0.25, 0.3) is 0 Å². The van der Waals surface area contributed by atoms with E-state index < -0.39 is 0 Å². The first kappa shape index (κ1) is 12.2. The van der Waals surface area contributed by atoms with E-state index in [4.69, 9.17) is 4.74 Å². The first-order chi connectivity index (χ1) is 7.22. The number of hydrogen-bond acceptors (Lipinski definition) is 2. The molecule has 0 heterocycles. The molecule has 0 aliphatic carbocycles. The van der Waals surface area contributed by atoms with Gasteiger partial charge in [-0.15, -0.1) is 0 Å². The number of nitrogens with one attached hydrogen (secondary N) is 1. The summed E-state index contributed by atoms with van der Waals surface area (Å²) in [5.74, 6) is 0. The van der Waals surface area contributed by atoms with Crippen molar-refractivity contribution < 1.29 is 4.74 Å². The van der Waals surface area contributed by atoms with Gasteiger partial charge in [0.25, 0.3) is 0 Å². The molecule has 2 heteroatoms. The third kappa shape index (κ3) is 4.96. The van der Waals surface area contributed by atoms with Gasteiger partial charge in [0, 0.05) is 13.7 Å². The molecular formula is C13H21NO. The molecule has 0 saturated heterocycles. The second-order valence-corrected chi connectivity index (χ2v) is 3.99. The van der Waals surface area contributed by atoms with E-state index in [1.54, 1.807) is 7.11 Å². The zero-order valence-electron chi connectivity index (χ0n) is 9.97. The SMILES string of the molecule is COCCNCCc1cc(C)cc(C)c1. The Hall–Kier alpha value is -0.860. The van der Waals surface area contributed by atoms with Crippen LogP contribution in [0.5, 0.6) is 0 Å². The lowest BCUT2D eigenvalue weighted by Gasteiger charge is -2.06. The van der Waals surface area contributed by atoms with Crippen LogP contribution in [0.1, 0.15) is 16.7 Å². The number of aryl methyl sites for hydroxylation is 2. The lowest BCUT2D eigenvalue weighted by Crippen LogP contribution is -2.21. The van der Waals surface area contributed by atoms with Gasteiger partial charge in [-0.1, -0.05) is 29.3 Å². The molecule has 15 heavy (non-hydrogen) atoms. The van der Waals surface area contributed by atoms with Crippen molar-refractivity contribution in [2.45, 2.75) is 20.3 Å². The van der Waals surface area contributed by atoms with Gasteiger partial charge in [-0.25, -0.2) is 0 Å². The molecule has 1 rings (SSSR count). The molecule has 84 valence electrons. The molecule has 0 fully saturated rings. The molecule has 0 aliphatic rings. The summed E-state index contributed by atoms with van der Waals surface area (Å²) in [5, 5.41) is 3.35. The zero-order valence-corrected chi connectivity index (χ0v) is 9.97. The summed E-state index contributed by atoms with van der Waals surface area (Å²) in [6.07, 6.45) is 1.09. The zero-order chi connectivity index (χ0) is 11.1. The summed E-state index contributed by atoms with van der Waals surface area (Å²) < 4.78 is 4.97. The van der Waals surface area contributed by atoms with Crippen LogP contribution in [-0.4, -0.2) is 26.8 Å². The molecule has 1 aromatic carbocycles. The Bertz CT molecular complexity index is 276. The molecule has 0 spiro atoms. The lowest BCUT2D eigenvalue weighted by atomic mass is 10.1. The van der Waals surface area contributed by atoms with Gasteiger partial charge in [-0.2, -0.15) is 0 Å². The van der Waals surface area contributed by atoms with Gasteiger partial charge in [-0.3, -0.25) is 0 Å². The Morgan fingerprint density at radius 1 is 1.07 bits per heavy atom. The van der Waals surface area contributed by atoms with Crippen molar-refractivity contribution in [3.05, 3.63) is 34.9 Å². The third-order valence-corrected chi connectivity index (χ3v) is 2.35. The maximum Gasteiger partial charge on any atom is 0.0587 e. The molecule has 0 unspecified atom stereocenters. The van der Waals surface area contributed by atoms with Crippen molar-refractivity contribution in [2.75, 3.05) is 26.8 Å². The van der Waals surface area contributed by atoms with Crippen molar-refractivity contribution in [1.29, 1.82) is 0 Å². The van der Waals surface area contributed by atoms with Crippen LogP contribution in [-0.2, 0) is 11.2 Å². The van der Waals surface area contributed by atoms with Crippen molar-refractivity contribution >= 4 is 0 Å². The van der Waals surface area contributed by atoms with Crippen LogP contribution >= 0.6 is 0 Å².